The molecule has 35 heteroatoms. The van der Waals surface area contributed by atoms with Crippen molar-refractivity contribution < 1.29 is 32.3 Å². The third-order valence-electron chi connectivity index (χ3n) is 15.8. The number of hydrogen-bond donors (Lipinski definition) is 10. The van der Waals surface area contributed by atoms with Crippen LogP contribution < -0.4 is 21.3 Å². The Kier molecular flexibility index (Phi) is 24.7. The number of carbonyl (C=O) groups excluding carboxylic acids is 4. The molecule has 0 radical (unpaired) electrons. The number of nitrogens with one attached hydrogen (secondary N) is 10. The first-order valence-corrected chi connectivity index (χ1v) is 34.3. The summed E-state index contributed by atoms with van der Waals surface area (Å²) in [5.41, 5.74) is 16.6. The van der Waals surface area contributed by atoms with Crippen LogP contribution >= 0.6 is 23.2 Å². The molecule has 0 fully saturated rings. The summed E-state index contributed by atoms with van der Waals surface area (Å²) in [6, 6.07) is 40.2. The number of imidazole rings is 1. The molecule has 0 unspecified atom stereocenters. The van der Waals surface area contributed by atoms with Crippen molar-refractivity contribution in [1.82, 2.24) is 111 Å². The quantitative estimate of drug-likeness (QED) is 0.0429. The van der Waals surface area contributed by atoms with Gasteiger partial charge in [-0.05, 0) is 121 Å². The number of aromatic amines is 6. The molecule has 0 spiro atoms. The van der Waals surface area contributed by atoms with E-state index in [1.165, 1.54) is 56.6 Å². The van der Waals surface area contributed by atoms with Crippen molar-refractivity contribution in [2.45, 2.75) is 40.5 Å². The molecular weight excluding hydrogens is 1470 g/mol. The maximum Gasteiger partial charge on any atom is 0.229 e. The maximum atomic E-state index is 13.1. The fourth-order valence-corrected chi connectivity index (χ4v) is 10.8. The Balaban J connectivity index is 0.000000129. The van der Waals surface area contributed by atoms with E-state index >= 15 is 0 Å². The number of nitrogens with zero attached hydrogens (tertiary/aromatic N) is 16. The Morgan fingerprint density at radius 1 is 0.360 bits per heavy atom. The van der Waals surface area contributed by atoms with Crippen LogP contribution in [0.1, 0.15) is 40.5 Å². The van der Waals surface area contributed by atoms with Gasteiger partial charge in [-0.1, -0.05) is 61.3 Å². The summed E-state index contributed by atoms with van der Waals surface area (Å²) in [6.45, 7) is 6.32. The van der Waals surface area contributed by atoms with Crippen molar-refractivity contribution in [3.05, 3.63) is 242 Å². The van der Waals surface area contributed by atoms with Gasteiger partial charge in [-0.3, -0.25) is 65.9 Å². The number of benzene rings is 5. The summed E-state index contributed by atoms with van der Waals surface area (Å²) in [7, 11) is 0. The topological polar surface area (TPSA) is 417 Å². The molecule has 0 saturated carbocycles. The molecule has 5 aromatic carbocycles. The van der Waals surface area contributed by atoms with Crippen molar-refractivity contribution in [3.8, 4) is 113 Å². The molecule has 4 amide bonds. The van der Waals surface area contributed by atoms with Crippen LogP contribution in [0, 0.1) is 17.5 Å². The highest BCUT2D eigenvalue weighted by Crippen LogP contribution is 2.36. The van der Waals surface area contributed by atoms with Crippen molar-refractivity contribution in [1.29, 1.82) is 0 Å². The van der Waals surface area contributed by atoms with E-state index in [-0.39, 0.29) is 64.9 Å². The molecule has 10 N–H and O–H groups in total. The second kappa shape index (κ2) is 36.0. The van der Waals surface area contributed by atoms with E-state index in [9.17, 15) is 32.3 Å². The van der Waals surface area contributed by atoms with Crippen molar-refractivity contribution in [3.63, 3.8) is 0 Å². The van der Waals surface area contributed by atoms with Crippen LogP contribution in [0.5, 0.6) is 0 Å². The number of anilines is 4. The normalized spacial score (nSPS) is 10.6. The van der Waals surface area contributed by atoms with Crippen molar-refractivity contribution >= 4 is 81.8 Å². The molecule has 11 heterocycles. The lowest BCUT2D eigenvalue weighted by Crippen LogP contribution is -2.12. The largest absolute Gasteiger partial charge is 0.341 e. The molecule has 0 saturated heterocycles. The van der Waals surface area contributed by atoms with Crippen LogP contribution in [0.4, 0.5) is 37.0 Å². The highest BCUT2D eigenvalue weighted by molar-refractivity contribution is 6.31. The van der Waals surface area contributed by atoms with E-state index in [0.29, 0.717) is 62.7 Å². The van der Waals surface area contributed by atoms with E-state index in [1.807, 2.05) is 48.5 Å². The molecule has 30 nitrogen and oxygen atoms in total. The summed E-state index contributed by atoms with van der Waals surface area (Å²) in [5.74, 6) is -0.660. The van der Waals surface area contributed by atoms with Crippen molar-refractivity contribution in [2.24, 2.45) is 0 Å². The van der Waals surface area contributed by atoms with Gasteiger partial charge in [0.25, 0.3) is 0 Å². The highest BCUT2D eigenvalue weighted by Gasteiger charge is 2.20. The third-order valence-corrected chi connectivity index (χ3v) is 16.3. The third kappa shape index (κ3) is 19.7. The first-order chi connectivity index (χ1) is 53.9. The number of carbonyl (C=O) groups is 4. The molecule has 0 atom stereocenters. The van der Waals surface area contributed by atoms with Crippen LogP contribution in [0.15, 0.2) is 214 Å². The summed E-state index contributed by atoms with van der Waals surface area (Å²) >= 11 is 11.8. The highest BCUT2D eigenvalue weighted by atomic mass is 35.5. The number of H-pyrrole nitrogens is 6. The average Bonchev–Trinajstić information content (AvgIpc) is 1.54. The second-order valence-electron chi connectivity index (χ2n) is 23.4. The Morgan fingerprint density at radius 2 is 0.649 bits per heavy atom. The van der Waals surface area contributed by atoms with Crippen LogP contribution in [-0.2, 0) is 19.2 Å². The molecule has 16 rings (SSSR count). The number of halogens is 5. The molecular formula is C76H61Cl2F3N26O4. The zero-order valence-electron chi connectivity index (χ0n) is 58.8. The van der Waals surface area contributed by atoms with E-state index in [4.69, 9.17) is 23.2 Å². The Bertz CT molecular complexity index is 5580. The Labute approximate surface area is 637 Å². The summed E-state index contributed by atoms with van der Waals surface area (Å²) in [4.78, 5) is 94.1. The van der Waals surface area contributed by atoms with E-state index in [2.05, 4.69) is 132 Å². The summed E-state index contributed by atoms with van der Waals surface area (Å²) < 4.78 is 39.2. The van der Waals surface area contributed by atoms with Gasteiger partial charge < -0.3 is 4.98 Å². The number of fused-ring (bicyclic) bond motifs is 1. The monoisotopic (exact) mass is 1530 g/mol. The molecule has 0 aliphatic carbocycles. The minimum atomic E-state index is -0.306. The standard InChI is InChI=1S/C16H14ClN5O.C16H14FN5O.C15H12ClN5O.C15H12FN5O.C14H9FN6/c2*1-2-14(23)21-16-18-8-7-13(20-16)12-9-19-22-15(12)10-3-5-11(17)6-4-10;2*1-9(22)19-15-17-7-6-13(20-15)12-8-18-21-14(12)10-2-4-11(16)5-3-10;15-9-3-1-8(2-4-9)11-10(5-20-21-11)12-13-14(18-6-16-12)19-7-17-13/h2*3-9H,2H2,1H3,(H,19,22)(H,18,20,21,23);2*2-8H,1H3,(H,18,21)(H,17,19,20,22);1-7H,(H,20,21)(H,16,17,18,19). The summed E-state index contributed by atoms with van der Waals surface area (Å²) in [5, 5.41) is 46.6. The average molecular weight is 1530 g/mol. The maximum absolute atomic E-state index is 13.1. The van der Waals surface area contributed by atoms with Gasteiger partial charge in [0, 0.05) is 117 Å². The van der Waals surface area contributed by atoms with Gasteiger partial charge in [0.2, 0.25) is 47.4 Å². The predicted molar refractivity (Wildman–Crippen MR) is 411 cm³/mol. The van der Waals surface area contributed by atoms with Gasteiger partial charge >= 0.3 is 0 Å². The molecule has 554 valence electrons. The minimum absolute atomic E-state index is 0.132. The van der Waals surface area contributed by atoms with Gasteiger partial charge in [0.1, 0.15) is 35.0 Å². The first kappa shape index (κ1) is 75.9. The van der Waals surface area contributed by atoms with Crippen LogP contribution in [0.25, 0.3) is 124 Å². The summed E-state index contributed by atoms with van der Waals surface area (Å²) in [6.07, 6.45) is 18.4. The fraction of sp³-hybridized carbons (Fsp3) is 0.0789. The second-order valence-corrected chi connectivity index (χ2v) is 24.3. The van der Waals surface area contributed by atoms with E-state index < -0.39 is 0 Å². The van der Waals surface area contributed by atoms with Crippen molar-refractivity contribution in [2.75, 3.05) is 21.3 Å². The SMILES string of the molecule is CC(=O)Nc1nccc(-c2cn[nH]c2-c2ccc(Cl)cc2)n1.CC(=O)Nc1nccc(-c2cn[nH]c2-c2ccc(F)cc2)n1.CCC(=O)Nc1nccc(-c2cn[nH]c2-c2ccc(Cl)cc2)n1.CCC(=O)Nc1nccc(-c2cn[nH]c2-c2ccc(F)cc2)n1.Fc1ccc(-c2[nH]ncc2-c2ncnc3nc[nH]c23)cc1. The Hall–Kier alpha value is -14.7. The molecule has 0 aliphatic heterocycles. The van der Waals surface area contributed by atoms with Gasteiger partial charge in [-0.2, -0.15) is 25.5 Å². The molecule has 16 aromatic rings. The fourth-order valence-electron chi connectivity index (χ4n) is 10.6. The van der Waals surface area contributed by atoms with Crippen LogP contribution in [0.3, 0.4) is 0 Å². The van der Waals surface area contributed by atoms with Gasteiger partial charge in [0.05, 0.1) is 88.6 Å². The molecule has 11 aromatic heterocycles. The molecule has 0 aliphatic rings. The predicted octanol–water partition coefficient (Wildman–Crippen LogP) is 14.9. The Morgan fingerprint density at radius 3 is 0.955 bits per heavy atom. The van der Waals surface area contributed by atoms with Gasteiger partial charge in [-0.15, -0.1) is 0 Å². The number of aromatic nitrogens is 22. The van der Waals surface area contributed by atoms with E-state index in [1.54, 1.807) is 137 Å². The van der Waals surface area contributed by atoms with E-state index in [0.717, 1.165) is 83.9 Å². The van der Waals surface area contributed by atoms with Crippen LogP contribution in [0.2, 0.25) is 10.0 Å². The zero-order valence-corrected chi connectivity index (χ0v) is 60.3. The number of rotatable bonds is 16. The van der Waals surface area contributed by atoms with Gasteiger partial charge in [-0.25, -0.2) is 68.0 Å². The smallest absolute Gasteiger partial charge is 0.229 e. The number of amides is 4. The van der Waals surface area contributed by atoms with Gasteiger partial charge in [0.15, 0.2) is 5.65 Å². The number of hydrogen-bond acceptors (Lipinski definition) is 20. The lowest BCUT2D eigenvalue weighted by atomic mass is 10.1. The molecule has 111 heavy (non-hydrogen) atoms. The minimum Gasteiger partial charge on any atom is -0.341 e. The lowest BCUT2D eigenvalue weighted by Gasteiger charge is -2.06. The van der Waals surface area contributed by atoms with Crippen LogP contribution in [-0.4, -0.2) is 134 Å². The first-order valence-electron chi connectivity index (χ1n) is 33.5. The zero-order chi connectivity index (χ0) is 77.8. The lowest BCUT2D eigenvalue weighted by molar-refractivity contribution is -0.116. The molecule has 0 bridgehead atoms.